The van der Waals surface area contributed by atoms with Crippen LogP contribution >= 0.6 is 0 Å². The van der Waals surface area contributed by atoms with E-state index in [0.29, 0.717) is 32.0 Å². The lowest BCUT2D eigenvalue weighted by atomic mass is 10.1. The number of benzene rings is 1. The van der Waals surface area contributed by atoms with E-state index >= 15 is 0 Å². The van der Waals surface area contributed by atoms with Gasteiger partial charge in [0.25, 0.3) is 0 Å². The highest BCUT2D eigenvalue weighted by Crippen LogP contribution is 2.29. The molecular formula is C25H32F3N5O2. The van der Waals surface area contributed by atoms with Gasteiger partial charge < -0.3 is 15.1 Å². The molecule has 7 nitrogen and oxygen atoms in total. The number of anilines is 2. The zero-order valence-corrected chi connectivity index (χ0v) is 20.3. The molecule has 190 valence electrons. The van der Waals surface area contributed by atoms with Crippen LogP contribution in [0.4, 0.5) is 24.7 Å². The van der Waals surface area contributed by atoms with Crippen molar-refractivity contribution in [2.45, 2.75) is 38.9 Å². The smallest absolute Gasteiger partial charge is 0.355 e. The van der Waals surface area contributed by atoms with Crippen LogP contribution in [-0.4, -0.2) is 72.4 Å². The van der Waals surface area contributed by atoms with Crippen molar-refractivity contribution >= 4 is 23.3 Å². The third kappa shape index (κ3) is 6.94. The van der Waals surface area contributed by atoms with Crippen LogP contribution in [0.3, 0.4) is 0 Å². The molecular weight excluding hydrogens is 459 g/mol. The van der Waals surface area contributed by atoms with Crippen molar-refractivity contribution in [3.05, 3.63) is 53.7 Å². The first-order valence-corrected chi connectivity index (χ1v) is 11.7. The molecule has 1 aliphatic heterocycles. The molecule has 1 unspecified atom stereocenters. The number of aromatic nitrogens is 1. The second-order valence-electron chi connectivity index (χ2n) is 8.71. The average Bonchev–Trinajstić information content (AvgIpc) is 3.09. The third-order valence-electron chi connectivity index (χ3n) is 6.26. The Hall–Kier alpha value is -3.14. The molecule has 0 aliphatic carbocycles. The average molecular weight is 492 g/mol. The molecule has 35 heavy (non-hydrogen) atoms. The van der Waals surface area contributed by atoms with Crippen LogP contribution < -0.4 is 10.2 Å². The Bertz CT molecular complexity index is 1010. The highest BCUT2D eigenvalue weighted by atomic mass is 19.4. The molecule has 0 spiro atoms. The Kier molecular flexibility index (Phi) is 8.71. The Balaban J connectivity index is 1.54. The predicted octanol–water partition coefficient (Wildman–Crippen LogP) is 3.66. The molecule has 2 aromatic rings. The van der Waals surface area contributed by atoms with Gasteiger partial charge in [-0.05, 0) is 43.5 Å². The van der Waals surface area contributed by atoms with Crippen molar-refractivity contribution < 1.29 is 22.8 Å². The van der Waals surface area contributed by atoms with Crippen molar-refractivity contribution in [2.75, 3.05) is 50.0 Å². The molecule has 0 bridgehead atoms. The van der Waals surface area contributed by atoms with Crippen molar-refractivity contribution in [1.82, 2.24) is 14.8 Å². The number of para-hydroxylation sites is 1. The monoisotopic (exact) mass is 491 g/mol. The minimum atomic E-state index is -4.42. The number of nitrogens with one attached hydrogen (secondary N) is 1. The molecule has 0 saturated carbocycles. The summed E-state index contributed by atoms with van der Waals surface area (Å²) in [5.74, 6) is 0.0642. The fourth-order valence-electron chi connectivity index (χ4n) is 4.20. The van der Waals surface area contributed by atoms with E-state index in [2.05, 4.69) is 10.3 Å². The van der Waals surface area contributed by atoms with Gasteiger partial charge in [-0.1, -0.05) is 25.1 Å². The first-order chi connectivity index (χ1) is 16.6. The lowest BCUT2D eigenvalue weighted by Crippen LogP contribution is -2.48. The maximum absolute atomic E-state index is 13.0. The molecule has 1 fully saturated rings. The fraction of sp³-hybridized carbons (Fsp3) is 0.480. The van der Waals surface area contributed by atoms with Crippen LogP contribution in [0, 0.1) is 0 Å². The minimum Gasteiger partial charge on any atom is -0.355 e. The van der Waals surface area contributed by atoms with E-state index in [0.717, 1.165) is 36.4 Å². The molecule has 1 atom stereocenters. The van der Waals surface area contributed by atoms with Gasteiger partial charge in [0.2, 0.25) is 11.8 Å². The van der Waals surface area contributed by atoms with Gasteiger partial charge in [0, 0.05) is 45.1 Å². The number of pyridine rings is 1. The number of rotatable bonds is 7. The largest absolute Gasteiger partial charge is 0.417 e. The maximum atomic E-state index is 13.0. The van der Waals surface area contributed by atoms with Gasteiger partial charge >= 0.3 is 6.18 Å². The molecule has 3 rings (SSSR count). The number of halogens is 3. The van der Waals surface area contributed by atoms with Gasteiger partial charge in [-0.25, -0.2) is 4.98 Å². The van der Waals surface area contributed by atoms with Crippen LogP contribution in [-0.2, 0) is 22.2 Å². The number of aryl methyl sites for hydroxylation is 1. The summed E-state index contributed by atoms with van der Waals surface area (Å²) in [6, 6.07) is 9.56. The van der Waals surface area contributed by atoms with E-state index in [1.54, 1.807) is 7.05 Å². The van der Waals surface area contributed by atoms with Crippen molar-refractivity contribution in [2.24, 2.45) is 0 Å². The van der Waals surface area contributed by atoms with Gasteiger partial charge in [0.05, 0.1) is 18.2 Å². The van der Waals surface area contributed by atoms with Gasteiger partial charge in [0.1, 0.15) is 5.82 Å². The summed E-state index contributed by atoms with van der Waals surface area (Å²) in [5, 5.41) is 2.88. The second-order valence-corrected chi connectivity index (χ2v) is 8.71. The summed E-state index contributed by atoms with van der Waals surface area (Å²) in [4.78, 5) is 34.9. The van der Waals surface area contributed by atoms with Gasteiger partial charge in [-0.15, -0.1) is 0 Å². The number of alkyl halides is 3. The number of likely N-dealkylation sites (N-methyl/N-ethyl adjacent to an activating group) is 1. The molecule has 2 amide bonds. The normalized spacial score (nSPS) is 15.9. The molecule has 1 aromatic heterocycles. The van der Waals surface area contributed by atoms with Gasteiger partial charge in [0.15, 0.2) is 0 Å². The summed E-state index contributed by atoms with van der Waals surface area (Å²) in [5.41, 5.74) is 1.00. The Labute approximate surface area is 203 Å². The van der Waals surface area contributed by atoms with Gasteiger partial charge in [-0.3, -0.25) is 14.5 Å². The Morgan fingerprint density at radius 2 is 1.86 bits per heavy atom. The van der Waals surface area contributed by atoms with Crippen molar-refractivity contribution in [3.8, 4) is 0 Å². The molecule has 1 aromatic carbocycles. The number of carbonyl (C=O) groups excluding carboxylic acids is 2. The second kappa shape index (κ2) is 11.5. The third-order valence-corrected chi connectivity index (χ3v) is 6.26. The number of carbonyl (C=O) groups is 2. The number of hydrogen-bond donors (Lipinski definition) is 1. The maximum Gasteiger partial charge on any atom is 0.417 e. The number of amides is 2. The first kappa shape index (κ1) is 26.5. The highest BCUT2D eigenvalue weighted by molar-refractivity contribution is 5.95. The topological polar surface area (TPSA) is 68.8 Å². The van der Waals surface area contributed by atoms with Crippen LogP contribution in [0.5, 0.6) is 0 Å². The molecule has 10 heteroatoms. The zero-order valence-electron chi connectivity index (χ0n) is 20.3. The van der Waals surface area contributed by atoms with Crippen LogP contribution in [0.1, 0.15) is 31.4 Å². The molecule has 2 heterocycles. The number of hydrogen-bond acceptors (Lipinski definition) is 5. The summed E-state index contributed by atoms with van der Waals surface area (Å²) in [6.45, 7) is 6.15. The zero-order chi connectivity index (χ0) is 25.6. The van der Waals surface area contributed by atoms with E-state index < -0.39 is 17.8 Å². The van der Waals surface area contributed by atoms with E-state index in [-0.39, 0.29) is 18.4 Å². The Morgan fingerprint density at radius 3 is 2.51 bits per heavy atom. The van der Waals surface area contributed by atoms with Crippen LogP contribution in [0.15, 0.2) is 42.6 Å². The lowest BCUT2D eigenvalue weighted by molar-refractivity contribution is -0.138. The van der Waals surface area contributed by atoms with Crippen molar-refractivity contribution in [3.63, 3.8) is 0 Å². The van der Waals surface area contributed by atoms with E-state index in [1.165, 1.54) is 11.0 Å². The van der Waals surface area contributed by atoms with Crippen LogP contribution in [0.25, 0.3) is 0 Å². The van der Waals surface area contributed by atoms with E-state index in [9.17, 15) is 22.8 Å². The molecule has 1 saturated heterocycles. The predicted molar refractivity (Wildman–Crippen MR) is 129 cm³/mol. The fourth-order valence-corrected chi connectivity index (χ4v) is 4.20. The summed E-state index contributed by atoms with van der Waals surface area (Å²) in [7, 11) is 1.61. The highest BCUT2D eigenvalue weighted by Gasteiger charge is 2.31. The quantitative estimate of drug-likeness (QED) is 0.640. The van der Waals surface area contributed by atoms with E-state index in [1.807, 2.05) is 47.9 Å². The van der Waals surface area contributed by atoms with Crippen LogP contribution in [0.2, 0.25) is 0 Å². The number of nitrogens with zero attached hydrogens (tertiary/aromatic N) is 4. The lowest BCUT2D eigenvalue weighted by Gasteiger charge is -2.30. The summed E-state index contributed by atoms with van der Waals surface area (Å²) >= 11 is 0. The van der Waals surface area contributed by atoms with Gasteiger partial charge in [-0.2, -0.15) is 13.2 Å². The van der Waals surface area contributed by atoms with Crippen molar-refractivity contribution in [1.29, 1.82) is 0 Å². The molecule has 1 aliphatic rings. The molecule has 1 N–H and O–H groups in total. The SMILES string of the molecule is CCc1ccccc1NC(=O)CN(C)C(=O)C(C)N1CCCN(c2ccc(C(F)(F)F)cn2)CC1. The first-order valence-electron chi connectivity index (χ1n) is 11.7. The molecule has 0 radical (unpaired) electrons. The van der Waals surface area contributed by atoms with E-state index in [4.69, 9.17) is 0 Å². The summed E-state index contributed by atoms with van der Waals surface area (Å²) < 4.78 is 38.4. The Morgan fingerprint density at radius 1 is 1.11 bits per heavy atom. The standard InChI is InChI=1S/C25H32F3N5O2/c1-4-19-8-5-6-9-21(19)30-23(34)17-31(3)24(35)18(2)32-12-7-13-33(15-14-32)22-11-10-20(16-29-22)25(26,27)28/h5-6,8-11,16,18H,4,7,12-15,17H2,1-3H3,(H,30,34). The minimum absolute atomic E-state index is 0.0589. The summed E-state index contributed by atoms with van der Waals surface area (Å²) in [6.07, 6.45) is -2.04.